The van der Waals surface area contributed by atoms with Crippen LogP contribution in [0.1, 0.15) is 16.7 Å². The largest absolute Gasteiger partial charge is 0.316 e. The highest BCUT2D eigenvalue weighted by atomic mass is 35.5. The number of hydrogen-bond donors (Lipinski definition) is 1. The van der Waals surface area contributed by atoms with Crippen LogP contribution in [0.15, 0.2) is 36.7 Å². The number of hydrogen-bond acceptors (Lipinski definition) is 2. The number of rotatable bonds is 3. The van der Waals surface area contributed by atoms with Gasteiger partial charge >= 0.3 is 0 Å². The van der Waals surface area contributed by atoms with Crippen molar-refractivity contribution in [3.05, 3.63) is 58.4 Å². The summed E-state index contributed by atoms with van der Waals surface area (Å²) in [7, 11) is 1.93. The Morgan fingerprint density at radius 2 is 1.90 bits per heavy atom. The van der Waals surface area contributed by atoms with E-state index in [1.165, 1.54) is 16.7 Å². The Kier molecular flexibility index (Phi) is 3.70. The first-order chi connectivity index (χ1) is 10.1. The topological polar surface area (TPSA) is 29.9 Å². The molecule has 0 bridgehead atoms. The Labute approximate surface area is 129 Å². The molecule has 0 saturated heterocycles. The fourth-order valence-electron chi connectivity index (χ4n) is 2.52. The lowest BCUT2D eigenvalue weighted by Crippen LogP contribution is -2.05. The molecule has 0 spiro atoms. The minimum absolute atomic E-state index is 0.736. The number of aromatic nitrogens is 2. The van der Waals surface area contributed by atoms with Crippen LogP contribution >= 0.6 is 11.6 Å². The van der Waals surface area contributed by atoms with Gasteiger partial charge in [-0.15, -0.1) is 0 Å². The van der Waals surface area contributed by atoms with E-state index in [0.29, 0.717) is 0 Å². The van der Waals surface area contributed by atoms with Gasteiger partial charge in [0.05, 0.1) is 21.7 Å². The fraction of sp³-hybridized carbons (Fsp3) is 0.235. The van der Waals surface area contributed by atoms with Crippen LogP contribution in [-0.2, 0) is 6.54 Å². The molecular formula is C17H18ClN3. The third kappa shape index (κ3) is 2.55. The molecule has 1 heterocycles. The first-order valence-electron chi connectivity index (χ1n) is 6.98. The summed E-state index contributed by atoms with van der Waals surface area (Å²) in [5.41, 5.74) is 6.72. The average molecular weight is 300 g/mol. The van der Waals surface area contributed by atoms with E-state index in [4.69, 9.17) is 11.6 Å². The molecule has 0 radical (unpaired) electrons. The number of aryl methyl sites for hydroxylation is 2. The van der Waals surface area contributed by atoms with Crippen molar-refractivity contribution in [1.82, 2.24) is 14.9 Å². The molecule has 1 aromatic heterocycles. The van der Waals surface area contributed by atoms with Crippen molar-refractivity contribution in [3.63, 3.8) is 0 Å². The Morgan fingerprint density at radius 1 is 1.14 bits per heavy atom. The van der Waals surface area contributed by atoms with Crippen LogP contribution in [-0.4, -0.2) is 16.6 Å². The molecular weight excluding hydrogens is 282 g/mol. The van der Waals surface area contributed by atoms with Gasteiger partial charge in [0.25, 0.3) is 0 Å². The maximum Gasteiger partial charge on any atom is 0.100 e. The predicted molar refractivity (Wildman–Crippen MR) is 88.3 cm³/mol. The summed E-state index contributed by atoms with van der Waals surface area (Å²) in [5.74, 6) is 0. The summed E-state index contributed by atoms with van der Waals surface area (Å²) in [4.78, 5) is 4.49. The summed E-state index contributed by atoms with van der Waals surface area (Å²) >= 11 is 6.45. The van der Waals surface area contributed by atoms with Gasteiger partial charge in [0.2, 0.25) is 0 Å². The van der Waals surface area contributed by atoms with E-state index in [2.05, 4.69) is 42.3 Å². The van der Waals surface area contributed by atoms with E-state index < -0.39 is 0 Å². The highest BCUT2D eigenvalue weighted by molar-refractivity contribution is 6.32. The maximum atomic E-state index is 6.45. The molecule has 0 fully saturated rings. The molecule has 0 aliphatic carbocycles. The molecule has 0 amide bonds. The lowest BCUT2D eigenvalue weighted by molar-refractivity contribution is 0.817. The van der Waals surface area contributed by atoms with Gasteiger partial charge in [-0.3, -0.25) is 4.57 Å². The molecule has 3 aromatic rings. The molecule has 3 nitrogen and oxygen atoms in total. The fourth-order valence-corrected chi connectivity index (χ4v) is 2.81. The number of nitrogens with one attached hydrogen (secondary N) is 1. The molecule has 4 heteroatoms. The van der Waals surface area contributed by atoms with E-state index in [1.807, 2.05) is 30.1 Å². The first kappa shape index (κ1) is 14.1. The van der Waals surface area contributed by atoms with Gasteiger partial charge in [0.15, 0.2) is 0 Å². The molecule has 2 aromatic carbocycles. The summed E-state index contributed by atoms with van der Waals surface area (Å²) in [6.07, 6.45) is 1.84. The van der Waals surface area contributed by atoms with Gasteiger partial charge in [-0.2, -0.15) is 0 Å². The monoisotopic (exact) mass is 299 g/mol. The highest BCUT2D eigenvalue weighted by Gasteiger charge is 2.10. The third-order valence-corrected chi connectivity index (χ3v) is 4.12. The third-order valence-electron chi connectivity index (χ3n) is 3.82. The van der Waals surface area contributed by atoms with Crippen molar-refractivity contribution in [2.24, 2.45) is 0 Å². The quantitative estimate of drug-likeness (QED) is 0.792. The van der Waals surface area contributed by atoms with Gasteiger partial charge in [-0.05, 0) is 61.9 Å². The second-order valence-corrected chi connectivity index (χ2v) is 5.76. The summed E-state index contributed by atoms with van der Waals surface area (Å²) in [5, 5.41) is 3.87. The minimum Gasteiger partial charge on any atom is -0.316 e. The lowest BCUT2D eigenvalue weighted by atomic mass is 10.1. The minimum atomic E-state index is 0.736. The van der Waals surface area contributed by atoms with Crippen molar-refractivity contribution < 1.29 is 0 Å². The van der Waals surface area contributed by atoms with Crippen LogP contribution in [0.5, 0.6) is 0 Å². The molecule has 21 heavy (non-hydrogen) atoms. The van der Waals surface area contributed by atoms with Crippen LogP contribution in [0.4, 0.5) is 0 Å². The first-order valence-corrected chi connectivity index (χ1v) is 7.35. The second kappa shape index (κ2) is 5.51. The van der Waals surface area contributed by atoms with E-state index in [1.54, 1.807) is 0 Å². The van der Waals surface area contributed by atoms with Crippen molar-refractivity contribution in [3.8, 4) is 5.69 Å². The number of imidazole rings is 1. The molecule has 0 saturated carbocycles. The van der Waals surface area contributed by atoms with Gasteiger partial charge < -0.3 is 5.32 Å². The SMILES string of the molecule is CNCc1ccc(-n2cnc3cc(C)c(C)cc32)c(Cl)c1. The molecule has 0 aliphatic heterocycles. The van der Waals surface area contributed by atoms with E-state index in [-0.39, 0.29) is 0 Å². The van der Waals surface area contributed by atoms with Crippen LogP contribution in [0, 0.1) is 13.8 Å². The number of benzene rings is 2. The number of nitrogens with zero attached hydrogens (tertiary/aromatic N) is 2. The van der Waals surface area contributed by atoms with Crippen molar-refractivity contribution in [2.45, 2.75) is 20.4 Å². The van der Waals surface area contributed by atoms with Crippen molar-refractivity contribution >= 4 is 22.6 Å². The lowest BCUT2D eigenvalue weighted by Gasteiger charge is -2.10. The average Bonchev–Trinajstić information content (AvgIpc) is 2.83. The van der Waals surface area contributed by atoms with E-state index >= 15 is 0 Å². The molecule has 0 unspecified atom stereocenters. The van der Waals surface area contributed by atoms with Crippen LogP contribution in [0.25, 0.3) is 16.7 Å². The number of halogens is 1. The zero-order valence-corrected chi connectivity index (χ0v) is 13.2. The number of fused-ring (bicyclic) bond motifs is 1. The molecule has 3 rings (SSSR count). The second-order valence-electron chi connectivity index (χ2n) is 5.36. The van der Waals surface area contributed by atoms with Crippen LogP contribution in [0.2, 0.25) is 5.02 Å². The van der Waals surface area contributed by atoms with Gasteiger partial charge in [-0.25, -0.2) is 4.98 Å². The molecule has 1 N–H and O–H groups in total. The Bertz CT molecular complexity index is 805. The maximum absolute atomic E-state index is 6.45. The van der Waals surface area contributed by atoms with Crippen LogP contribution < -0.4 is 5.32 Å². The van der Waals surface area contributed by atoms with E-state index in [9.17, 15) is 0 Å². The summed E-state index contributed by atoms with van der Waals surface area (Å²) in [6, 6.07) is 10.4. The molecule has 0 aliphatic rings. The molecule has 108 valence electrons. The summed E-state index contributed by atoms with van der Waals surface area (Å²) in [6.45, 7) is 5.03. The van der Waals surface area contributed by atoms with Gasteiger partial charge in [0, 0.05) is 6.54 Å². The van der Waals surface area contributed by atoms with Crippen LogP contribution in [0.3, 0.4) is 0 Å². The Hall–Kier alpha value is -1.84. The Balaban J connectivity index is 2.14. The van der Waals surface area contributed by atoms with Crippen molar-refractivity contribution in [2.75, 3.05) is 7.05 Å². The van der Waals surface area contributed by atoms with Crippen molar-refractivity contribution in [1.29, 1.82) is 0 Å². The highest BCUT2D eigenvalue weighted by Crippen LogP contribution is 2.27. The molecule has 0 atom stereocenters. The smallest absolute Gasteiger partial charge is 0.100 e. The van der Waals surface area contributed by atoms with Gasteiger partial charge in [-0.1, -0.05) is 17.7 Å². The zero-order chi connectivity index (χ0) is 15.0. The summed E-state index contributed by atoms with van der Waals surface area (Å²) < 4.78 is 2.05. The van der Waals surface area contributed by atoms with Gasteiger partial charge in [0.1, 0.15) is 6.33 Å². The van der Waals surface area contributed by atoms with E-state index in [0.717, 1.165) is 28.3 Å². The Morgan fingerprint density at radius 3 is 2.62 bits per heavy atom. The normalized spacial score (nSPS) is 11.2. The standard InChI is InChI=1S/C17H18ClN3/c1-11-6-15-17(7-12(11)2)21(10-20-15)16-5-4-13(9-19-3)8-14(16)18/h4-8,10,19H,9H2,1-3H3. The zero-order valence-electron chi connectivity index (χ0n) is 12.4. The predicted octanol–water partition coefficient (Wildman–Crippen LogP) is 4.02.